The predicted octanol–water partition coefficient (Wildman–Crippen LogP) is 2.96. The van der Waals surface area contributed by atoms with Crippen LogP contribution in [0.25, 0.3) is 0 Å². The maximum atomic E-state index is 13.2. The van der Waals surface area contributed by atoms with Crippen LogP contribution in [0.2, 0.25) is 0 Å². The number of thiophene rings is 1. The molecule has 1 atom stereocenters. The van der Waals surface area contributed by atoms with Gasteiger partial charge < -0.3 is 11.1 Å². The fourth-order valence-corrected chi connectivity index (χ4v) is 7.47. The zero-order chi connectivity index (χ0) is 24.6. The highest BCUT2D eigenvalue weighted by Crippen LogP contribution is 2.38. The molecular formula is C24H32N4O4S2. The molecular weight excluding hydrogens is 472 g/mol. The van der Waals surface area contributed by atoms with E-state index < -0.39 is 21.8 Å². The van der Waals surface area contributed by atoms with Crippen molar-refractivity contribution in [2.75, 3.05) is 25.0 Å². The molecule has 2 aliphatic rings. The number of carbonyl (C=O) groups excluding carboxylic acids is 2. The molecule has 2 amide bonds. The predicted molar refractivity (Wildman–Crippen MR) is 133 cm³/mol. The SMILES string of the molecule is Cc1ccc(S(=O)(=O)N2CCCC(C(=O)Nc3sc4c(c3C(N)=O)CCN(C(C)C)C4)C2)cc1. The van der Waals surface area contributed by atoms with Gasteiger partial charge >= 0.3 is 0 Å². The molecule has 184 valence electrons. The number of primary amides is 1. The van der Waals surface area contributed by atoms with Crippen LogP contribution < -0.4 is 11.1 Å². The van der Waals surface area contributed by atoms with Gasteiger partial charge in [-0.3, -0.25) is 14.5 Å². The van der Waals surface area contributed by atoms with Crippen LogP contribution in [-0.2, 0) is 27.8 Å². The number of sulfonamides is 1. The van der Waals surface area contributed by atoms with E-state index in [4.69, 9.17) is 5.73 Å². The van der Waals surface area contributed by atoms with Gasteiger partial charge in [-0.1, -0.05) is 17.7 Å². The van der Waals surface area contributed by atoms with Crippen LogP contribution >= 0.6 is 11.3 Å². The van der Waals surface area contributed by atoms with E-state index in [-0.39, 0.29) is 17.3 Å². The minimum Gasteiger partial charge on any atom is -0.365 e. The van der Waals surface area contributed by atoms with E-state index in [1.165, 1.54) is 15.6 Å². The molecule has 0 bridgehead atoms. The van der Waals surface area contributed by atoms with Gasteiger partial charge in [0.2, 0.25) is 15.9 Å². The maximum Gasteiger partial charge on any atom is 0.251 e. The Kier molecular flexibility index (Phi) is 7.14. The number of piperidine rings is 1. The quantitative estimate of drug-likeness (QED) is 0.628. The number of anilines is 1. The van der Waals surface area contributed by atoms with Crippen molar-refractivity contribution in [3.63, 3.8) is 0 Å². The third-order valence-corrected chi connectivity index (χ3v) is 9.73. The summed E-state index contributed by atoms with van der Waals surface area (Å²) < 4.78 is 27.6. The number of hydrogen-bond acceptors (Lipinski definition) is 6. The number of benzene rings is 1. The lowest BCUT2D eigenvalue weighted by atomic mass is 9.98. The Morgan fingerprint density at radius 1 is 1.18 bits per heavy atom. The van der Waals surface area contributed by atoms with Crippen LogP contribution in [-0.4, -0.2) is 55.1 Å². The molecule has 4 rings (SSSR count). The summed E-state index contributed by atoms with van der Waals surface area (Å²) in [5, 5.41) is 3.40. The average molecular weight is 505 g/mol. The minimum atomic E-state index is -3.68. The lowest BCUT2D eigenvalue weighted by Gasteiger charge is -2.31. The average Bonchev–Trinajstić information content (AvgIpc) is 3.16. The lowest BCUT2D eigenvalue weighted by Crippen LogP contribution is -2.43. The molecule has 0 saturated carbocycles. The van der Waals surface area contributed by atoms with Gasteiger partial charge in [0.05, 0.1) is 16.4 Å². The van der Waals surface area contributed by atoms with E-state index in [1.54, 1.807) is 24.3 Å². The Bertz CT molecular complexity index is 1190. The van der Waals surface area contributed by atoms with Crippen molar-refractivity contribution < 1.29 is 18.0 Å². The molecule has 2 aliphatic heterocycles. The van der Waals surface area contributed by atoms with Gasteiger partial charge in [-0.15, -0.1) is 11.3 Å². The maximum absolute atomic E-state index is 13.2. The number of aryl methyl sites for hydroxylation is 1. The third-order valence-electron chi connectivity index (χ3n) is 6.71. The van der Waals surface area contributed by atoms with Crippen LogP contribution in [0.4, 0.5) is 5.00 Å². The van der Waals surface area contributed by atoms with E-state index in [2.05, 4.69) is 24.1 Å². The summed E-state index contributed by atoms with van der Waals surface area (Å²) in [5.74, 6) is -1.32. The Morgan fingerprint density at radius 2 is 1.88 bits per heavy atom. The molecule has 0 aliphatic carbocycles. The van der Waals surface area contributed by atoms with Crippen molar-refractivity contribution in [2.24, 2.45) is 11.7 Å². The molecule has 2 aromatic rings. The summed E-state index contributed by atoms with van der Waals surface area (Å²) in [6.07, 6.45) is 1.89. The van der Waals surface area contributed by atoms with Gasteiger partial charge in [-0.25, -0.2) is 8.42 Å². The zero-order valence-corrected chi connectivity index (χ0v) is 21.5. The summed E-state index contributed by atoms with van der Waals surface area (Å²) in [5.41, 5.74) is 8.01. The van der Waals surface area contributed by atoms with Crippen molar-refractivity contribution in [3.05, 3.63) is 45.8 Å². The van der Waals surface area contributed by atoms with Crippen molar-refractivity contribution in [1.82, 2.24) is 9.21 Å². The molecule has 34 heavy (non-hydrogen) atoms. The van der Waals surface area contributed by atoms with Crippen LogP contribution in [0.3, 0.4) is 0 Å². The van der Waals surface area contributed by atoms with Gasteiger partial charge in [0.15, 0.2) is 0 Å². The largest absolute Gasteiger partial charge is 0.365 e. The summed E-state index contributed by atoms with van der Waals surface area (Å²) in [7, 11) is -3.68. The summed E-state index contributed by atoms with van der Waals surface area (Å²) >= 11 is 1.40. The molecule has 0 spiro atoms. The standard InChI is InChI=1S/C24H32N4O4S2/c1-15(2)27-12-10-19-20(14-27)33-24(21(19)22(25)29)26-23(30)17-5-4-11-28(13-17)34(31,32)18-8-6-16(3)7-9-18/h6-9,15,17H,4-5,10-14H2,1-3H3,(H2,25,29)(H,26,30). The Hall–Kier alpha value is -2.27. The highest BCUT2D eigenvalue weighted by atomic mass is 32.2. The van der Waals surface area contributed by atoms with Crippen LogP contribution in [0.5, 0.6) is 0 Å². The van der Waals surface area contributed by atoms with Crippen molar-refractivity contribution in [2.45, 2.75) is 57.5 Å². The number of carbonyl (C=O) groups is 2. The van der Waals surface area contributed by atoms with Crippen LogP contribution in [0.15, 0.2) is 29.2 Å². The number of fused-ring (bicyclic) bond motifs is 1. The fourth-order valence-electron chi connectivity index (χ4n) is 4.66. The monoisotopic (exact) mass is 504 g/mol. The van der Waals surface area contributed by atoms with Crippen molar-refractivity contribution in [3.8, 4) is 0 Å². The fraction of sp³-hybridized carbons (Fsp3) is 0.500. The van der Waals surface area contributed by atoms with Gasteiger partial charge in [0.25, 0.3) is 5.91 Å². The number of nitrogens with two attached hydrogens (primary N) is 1. The third kappa shape index (κ3) is 4.91. The highest BCUT2D eigenvalue weighted by molar-refractivity contribution is 7.89. The summed E-state index contributed by atoms with van der Waals surface area (Å²) in [6.45, 7) is 8.22. The number of amides is 2. The normalized spacial score (nSPS) is 19.7. The first-order valence-corrected chi connectivity index (χ1v) is 13.9. The van der Waals surface area contributed by atoms with Gasteiger partial charge in [0, 0.05) is 37.1 Å². The van der Waals surface area contributed by atoms with E-state index in [0.29, 0.717) is 42.4 Å². The molecule has 1 saturated heterocycles. The van der Waals surface area contributed by atoms with E-state index >= 15 is 0 Å². The Balaban J connectivity index is 1.52. The first-order valence-electron chi connectivity index (χ1n) is 11.6. The number of nitrogens with one attached hydrogen (secondary N) is 1. The first-order chi connectivity index (χ1) is 16.1. The molecule has 8 nitrogen and oxygen atoms in total. The van der Waals surface area contributed by atoms with Crippen molar-refractivity contribution in [1.29, 1.82) is 0 Å². The smallest absolute Gasteiger partial charge is 0.251 e. The highest BCUT2D eigenvalue weighted by Gasteiger charge is 2.35. The molecule has 1 fully saturated rings. The van der Waals surface area contributed by atoms with Crippen molar-refractivity contribution >= 4 is 38.2 Å². The van der Waals surface area contributed by atoms with E-state index in [9.17, 15) is 18.0 Å². The second kappa shape index (κ2) is 9.77. The Labute approximate surface area is 205 Å². The molecule has 10 heteroatoms. The van der Waals surface area contributed by atoms with Gasteiger partial charge in [-0.2, -0.15) is 4.31 Å². The van der Waals surface area contributed by atoms with Gasteiger partial charge in [-0.05, 0) is 57.7 Å². The molecule has 1 aromatic heterocycles. The molecule has 3 N–H and O–H groups in total. The number of rotatable bonds is 6. The second-order valence-corrected chi connectivity index (χ2v) is 12.4. The van der Waals surface area contributed by atoms with E-state index in [0.717, 1.165) is 29.1 Å². The summed E-state index contributed by atoms with van der Waals surface area (Å²) in [6, 6.07) is 7.12. The number of nitrogens with zero attached hydrogens (tertiary/aromatic N) is 2. The lowest BCUT2D eigenvalue weighted by molar-refractivity contribution is -0.120. The zero-order valence-electron chi connectivity index (χ0n) is 19.8. The molecule has 1 unspecified atom stereocenters. The molecule has 3 heterocycles. The number of hydrogen-bond donors (Lipinski definition) is 2. The molecule has 1 aromatic carbocycles. The summed E-state index contributed by atoms with van der Waals surface area (Å²) in [4.78, 5) is 29.1. The topological polar surface area (TPSA) is 113 Å². The molecule has 0 radical (unpaired) electrons. The first kappa shape index (κ1) is 24.8. The Morgan fingerprint density at radius 3 is 2.53 bits per heavy atom. The van der Waals surface area contributed by atoms with Crippen LogP contribution in [0, 0.1) is 12.8 Å². The minimum absolute atomic E-state index is 0.111. The van der Waals surface area contributed by atoms with Crippen LogP contribution in [0.1, 0.15) is 53.1 Å². The second-order valence-electron chi connectivity index (χ2n) is 9.39. The van der Waals surface area contributed by atoms with Gasteiger partial charge in [0.1, 0.15) is 5.00 Å². The van der Waals surface area contributed by atoms with E-state index in [1.807, 2.05) is 6.92 Å².